The van der Waals surface area contributed by atoms with Crippen molar-refractivity contribution >= 4 is 38.8 Å². The van der Waals surface area contributed by atoms with Crippen molar-refractivity contribution in [3.05, 3.63) is 53.5 Å². The molecule has 5 nitrogen and oxygen atoms in total. The normalized spacial score (nSPS) is 21.8. The first-order valence-electron chi connectivity index (χ1n) is 11.1. The molecule has 2 fully saturated rings. The average molecular weight is 422 g/mol. The first-order valence-corrected chi connectivity index (χ1v) is 11.9. The fraction of sp³-hybridized carbons (Fsp3) is 0.417. The number of para-hydroxylation sites is 1. The number of thiazole rings is 1. The van der Waals surface area contributed by atoms with Crippen molar-refractivity contribution in [3.8, 4) is 0 Å². The van der Waals surface area contributed by atoms with Gasteiger partial charge >= 0.3 is 0 Å². The Balaban J connectivity index is 1.17. The predicted molar refractivity (Wildman–Crippen MR) is 124 cm³/mol. The summed E-state index contributed by atoms with van der Waals surface area (Å²) >= 11 is 1.81. The molecule has 1 unspecified atom stereocenters. The number of fused-ring (bicyclic) bond motifs is 1. The van der Waals surface area contributed by atoms with Crippen LogP contribution in [0.5, 0.6) is 0 Å². The van der Waals surface area contributed by atoms with E-state index in [1.165, 1.54) is 39.6 Å². The highest BCUT2D eigenvalue weighted by molar-refractivity contribution is 7.18. The number of amides is 1. The quantitative estimate of drug-likeness (QED) is 0.665. The van der Waals surface area contributed by atoms with E-state index in [0.717, 1.165) is 43.8 Å². The maximum atomic E-state index is 12.7. The van der Waals surface area contributed by atoms with E-state index in [0.29, 0.717) is 12.5 Å². The van der Waals surface area contributed by atoms with Crippen LogP contribution < -0.4 is 15.1 Å². The van der Waals surface area contributed by atoms with E-state index in [1.807, 2.05) is 29.5 Å². The molecule has 5 rings (SSSR count). The van der Waals surface area contributed by atoms with Crippen molar-refractivity contribution < 1.29 is 9.69 Å². The first kappa shape index (κ1) is 19.5. The number of nitrogens with one attached hydrogen (secondary N) is 2. The van der Waals surface area contributed by atoms with Gasteiger partial charge in [-0.2, -0.15) is 0 Å². The molecule has 6 heteroatoms. The van der Waals surface area contributed by atoms with Gasteiger partial charge in [-0.1, -0.05) is 12.1 Å². The van der Waals surface area contributed by atoms with Crippen LogP contribution in [0.4, 0.5) is 11.4 Å². The van der Waals surface area contributed by atoms with E-state index in [4.69, 9.17) is 4.98 Å². The lowest BCUT2D eigenvalue weighted by Crippen LogP contribution is -3.14. The molecular weight excluding hydrogens is 392 g/mol. The number of aromatic nitrogens is 1. The summed E-state index contributed by atoms with van der Waals surface area (Å²) < 4.78 is 1.26. The minimum atomic E-state index is 0.101. The topological polar surface area (TPSA) is 49.7 Å². The van der Waals surface area contributed by atoms with Crippen LogP contribution in [-0.4, -0.2) is 43.6 Å². The molecule has 2 aliphatic rings. The maximum Gasteiger partial charge on any atom is 0.279 e. The van der Waals surface area contributed by atoms with Crippen molar-refractivity contribution in [1.82, 2.24) is 4.98 Å². The summed E-state index contributed by atoms with van der Waals surface area (Å²) in [6.07, 6.45) is 4.86. The van der Waals surface area contributed by atoms with Gasteiger partial charge in [-0.25, -0.2) is 4.98 Å². The molecule has 2 N–H and O–H groups in total. The Bertz CT molecular complexity index is 976. The third kappa shape index (κ3) is 4.35. The molecule has 2 saturated heterocycles. The van der Waals surface area contributed by atoms with Crippen LogP contribution in [0.3, 0.4) is 0 Å². The summed E-state index contributed by atoms with van der Waals surface area (Å²) in [5.74, 6) is 0.558. The van der Waals surface area contributed by atoms with Crippen LogP contribution in [0.1, 0.15) is 36.6 Å². The van der Waals surface area contributed by atoms with Crippen LogP contribution in [-0.2, 0) is 4.79 Å². The zero-order valence-corrected chi connectivity index (χ0v) is 18.1. The molecule has 0 radical (unpaired) electrons. The van der Waals surface area contributed by atoms with Gasteiger partial charge in [-0.05, 0) is 62.1 Å². The van der Waals surface area contributed by atoms with E-state index in [-0.39, 0.29) is 5.91 Å². The van der Waals surface area contributed by atoms with Gasteiger partial charge < -0.3 is 15.1 Å². The molecule has 2 atom stereocenters. The maximum absolute atomic E-state index is 12.7. The Morgan fingerprint density at radius 2 is 1.90 bits per heavy atom. The number of carbonyl (C=O) groups is 1. The van der Waals surface area contributed by atoms with Crippen molar-refractivity contribution in [2.24, 2.45) is 0 Å². The van der Waals surface area contributed by atoms with E-state index in [1.54, 1.807) is 0 Å². The fourth-order valence-electron chi connectivity index (χ4n) is 4.75. The summed E-state index contributed by atoms with van der Waals surface area (Å²) in [7, 11) is 0. The molecule has 0 bridgehead atoms. The number of anilines is 2. The third-order valence-electron chi connectivity index (χ3n) is 6.31. The molecule has 3 heterocycles. The van der Waals surface area contributed by atoms with Gasteiger partial charge in [0.05, 0.1) is 29.2 Å². The third-order valence-corrected chi connectivity index (χ3v) is 7.51. The highest BCUT2D eigenvalue weighted by atomic mass is 32.1. The van der Waals surface area contributed by atoms with Gasteiger partial charge in [0.25, 0.3) is 5.91 Å². The van der Waals surface area contributed by atoms with Gasteiger partial charge in [0.15, 0.2) is 6.54 Å². The highest BCUT2D eigenvalue weighted by Gasteiger charge is 2.28. The number of rotatable bonds is 5. The zero-order valence-electron chi connectivity index (χ0n) is 17.3. The van der Waals surface area contributed by atoms with Crippen LogP contribution in [0, 0.1) is 0 Å². The SMILES string of the molecule is O=C(C[NH+]1CCC[C@@H](c2nc3ccccc3s2)C1)Nc1ccc(N2CCCC2)cc1. The minimum absolute atomic E-state index is 0.101. The van der Waals surface area contributed by atoms with Gasteiger partial charge in [-0.15, -0.1) is 11.3 Å². The van der Waals surface area contributed by atoms with E-state index in [9.17, 15) is 4.79 Å². The fourth-order valence-corrected chi connectivity index (χ4v) is 5.85. The molecule has 30 heavy (non-hydrogen) atoms. The number of nitrogens with zero attached hydrogens (tertiary/aromatic N) is 2. The monoisotopic (exact) mass is 421 g/mol. The molecule has 1 aromatic heterocycles. The Hall–Kier alpha value is -2.44. The number of benzene rings is 2. The summed E-state index contributed by atoms with van der Waals surface area (Å²) in [5.41, 5.74) is 3.24. The second kappa shape index (κ2) is 8.74. The minimum Gasteiger partial charge on any atom is -0.372 e. The largest absolute Gasteiger partial charge is 0.372 e. The molecule has 0 aliphatic carbocycles. The lowest BCUT2D eigenvalue weighted by molar-refractivity contribution is -0.898. The predicted octanol–water partition coefficient (Wildman–Crippen LogP) is 3.30. The van der Waals surface area contributed by atoms with Crippen LogP contribution in [0.15, 0.2) is 48.5 Å². The number of carbonyl (C=O) groups excluding carboxylic acids is 1. The van der Waals surface area contributed by atoms with Crippen molar-refractivity contribution in [2.75, 3.05) is 42.9 Å². The highest BCUT2D eigenvalue weighted by Crippen LogP contribution is 2.30. The second-order valence-corrected chi connectivity index (χ2v) is 9.59. The number of likely N-dealkylation sites (tertiary alicyclic amines) is 1. The lowest BCUT2D eigenvalue weighted by atomic mass is 9.99. The summed E-state index contributed by atoms with van der Waals surface area (Å²) in [5, 5.41) is 4.32. The number of quaternary nitrogens is 1. The molecule has 2 aromatic carbocycles. The van der Waals surface area contributed by atoms with E-state index < -0.39 is 0 Å². The van der Waals surface area contributed by atoms with Gasteiger partial charge in [-0.3, -0.25) is 4.79 Å². The van der Waals surface area contributed by atoms with Crippen molar-refractivity contribution in [2.45, 2.75) is 31.6 Å². The van der Waals surface area contributed by atoms with Crippen molar-refractivity contribution in [3.63, 3.8) is 0 Å². The Morgan fingerprint density at radius 3 is 2.70 bits per heavy atom. The first-order chi connectivity index (χ1) is 14.7. The zero-order chi connectivity index (χ0) is 20.3. The molecule has 156 valence electrons. The van der Waals surface area contributed by atoms with Crippen LogP contribution in [0.25, 0.3) is 10.2 Å². The average Bonchev–Trinajstić information content (AvgIpc) is 3.44. The second-order valence-electron chi connectivity index (χ2n) is 8.53. The number of piperidine rings is 1. The molecule has 3 aromatic rings. The molecular formula is C24H29N4OS+. The standard InChI is InChI=1S/C24H28N4OS/c29-23(25-19-9-11-20(12-10-19)28-14-3-4-15-28)17-27-13-5-6-18(16-27)24-26-21-7-1-2-8-22(21)30-24/h1-2,7-12,18H,3-6,13-17H2,(H,25,29)/p+1/t18-/m1/s1. The van der Waals surface area contributed by atoms with Gasteiger partial charge in [0, 0.05) is 24.5 Å². The summed E-state index contributed by atoms with van der Waals surface area (Å²) in [6, 6.07) is 16.7. The van der Waals surface area contributed by atoms with Crippen molar-refractivity contribution in [1.29, 1.82) is 0 Å². The van der Waals surface area contributed by atoms with E-state index >= 15 is 0 Å². The lowest BCUT2D eigenvalue weighted by Gasteiger charge is -2.28. The van der Waals surface area contributed by atoms with Crippen LogP contribution in [0.2, 0.25) is 0 Å². The molecule has 2 aliphatic heterocycles. The number of hydrogen-bond donors (Lipinski definition) is 2. The van der Waals surface area contributed by atoms with Gasteiger partial charge in [0.1, 0.15) is 5.01 Å². The Morgan fingerprint density at radius 1 is 1.10 bits per heavy atom. The summed E-state index contributed by atoms with van der Waals surface area (Å²) in [4.78, 5) is 21.3. The molecule has 0 spiro atoms. The Labute approximate surface area is 181 Å². The van der Waals surface area contributed by atoms with E-state index in [2.05, 4.69) is 40.5 Å². The molecule has 1 amide bonds. The van der Waals surface area contributed by atoms with Crippen LogP contribution >= 0.6 is 11.3 Å². The Kier molecular flexibility index (Phi) is 5.69. The number of hydrogen-bond acceptors (Lipinski definition) is 4. The molecule has 0 saturated carbocycles. The summed E-state index contributed by atoms with van der Waals surface area (Å²) in [6.45, 7) is 4.85. The smallest absolute Gasteiger partial charge is 0.279 e. The van der Waals surface area contributed by atoms with Gasteiger partial charge in [0.2, 0.25) is 0 Å².